The highest BCUT2D eigenvalue weighted by molar-refractivity contribution is 7.15. The molecule has 1 aromatic heterocycles. The zero-order valence-electron chi connectivity index (χ0n) is 17.7. The molecule has 0 radical (unpaired) electrons. The number of thiazole rings is 1. The van der Waals surface area contributed by atoms with Gasteiger partial charge in [0.15, 0.2) is 0 Å². The summed E-state index contributed by atoms with van der Waals surface area (Å²) in [6.45, 7) is 0.0760. The normalized spacial score (nSPS) is 18.3. The molecule has 3 aromatic rings. The molecule has 2 N–H and O–H groups in total. The van der Waals surface area contributed by atoms with Gasteiger partial charge in [0.25, 0.3) is 11.1 Å². The SMILES string of the molecule is O=C(NC(CCO)C1CC1)c1cnc(Oc2ccc3c(c2)CC[C@@H](c2ccccc2)O3)s1. The summed E-state index contributed by atoms with van der Waals surface area (Å²) in [6, 6.07) is 16.1. The van der Waals surface area contributed by atoms with Gasteiger partial charge < -0.3 is 19.9 Å². The number of hydrogen-bond donors (Lipinski definition) is 2. The smallest absolute Gasteiger partial charge is 0.279 e. The van der Waals surface area contributed by atoms with Crippen molar-refractivity contribution >= 4 is 17.2 Å². The zero-order chi connectivity index (χ0) is 21.9. The molecule has 1 saturated carbocycles. The Morgan fingerprint density at radius 2 is 2.06 bits per heavy atom. The predicted octanol–water partition coefficient (Wildman–Crippen LogP) is 4.89. The molecule has 166 valence electrons. The van der Waals surface area contributed by atoms with Gasteiger partial charge >= 0.3 is 0 Å². The minimum atomic E-state index is -0.159. The zero-order valence-corrected chi connectivity index (χ0v) is 18.5. The number of fused-ring (bicyclic) bond motifs is 1. The molecule has 0 spiro atoms. The van der Waals surface area contributed by atoms with Gasteiger partial charge in [0, 0.05) is 12.6 Å². The number of carbonyl (C=O) groups is 1. The van der Waals surface area contributed by atoms with Crippen LogP contribution in [0, 0.1) is 5.92 Å². The number of aryl methyl sites for hydroxylation is 1. The molecular formula is C25H26N2O4S. The van der Waals surface area contributed by atoms with Gasteiger partial charge in [-0.15, -0.1) is 0 Å². The number of amides is 1. The Morgan fingerprint density at radius 3 is 2.84 bits per heavy atom. The van der Waals surface area contributed by atoms with E-state index >= 15 is 0 Å². The number of benzene rings is 2. The first-order valence-corrected chi connectivity index (χ1v) is 11.9. The van der Waals surface area contributed by atoms with Gasteiger partial charge in [0.1, 0.15) is 22.5 Å². The largest absolute Gasteiger partial charge is 0.485 e. The van der Waals surface area contributed by atoms with E-state index < -0.39 is 0 Å². The van der Waals surface area contributed by atoms with Crippen molar-refractivity contribution in [2.24, 2.45) is 5.92 Å². The molecule has 2 heterocycles. The monoisotopic (exact) mass is 450 g/mol. The second-order valence-electron chi connectivity index (χ2n) is 8.35. The Balaban J connectivity index is 1.22. The third kappa shape index (κ3) is 4.79. The quantitative estimate of drug-likeness (QED) is 0.511. The highest BCUT2D eigenvalue weighted by Crippen LogP contribution is 2.38. The van der Waals surface area contributed by atoms with Crippen LogP contribution in [0.15, 0.2) is 54.7 Å². The van der Waals surface area contributed by atoms with Crippen molar-refractivity contribution < 1.29 is 19.4 Å². The van der Waals surface area contributed by atoms with E-state index in [1.807, 2.05) is 36.4 Å². The summed E-state index contributed by atoms with van der Waals surface area (Å²) in [4.78, 5) is 17.3. The number of aliphatic hydroxyl groups excluding tert-OH is 1. The average Bonchev–Trinajstić information content (AvgIpc) is 3.57. The summed E-state index contributed by atoms with van der Waals surface area (Å²) < 4.78 is 12.1. The average molecular weight is 451 g/mol. The standard InChI is InChI=1S/C25H26N2O4S/c28-13-12-20(16-6-7-16)27-24(29)23-15-26-25(32-23)30-19-9-11-22-18(14-19)8-10-21(31-22)17-4-2-1-3-5-17/h1-5,9,11,14-16,20-21,28H,6-8,10,12-13H2,(H,27,29)/t20?,21-/m0/s1. The minimum Gasteiger partial charge on any atom is -0.485 e. The summed E-state index contributed by atoms with van der Waals surface area (Å²) in [6.07, 6.45) is 6.24. The van der Waals surface area contributed by atoms with Crippen LogP contribution in [-0.2, 0) is 6.42 Å². The Hall–Kier alpha value is -2.90. The van der Waals surface area contributed by atoms with Crippen molar-refractivity contribution in [3.05, 3.63) is 70.7 Å². The van der Waals surface area contributed by atoms with Crippen LogP contribution in [-0.4, -0.2) is 28.6 Å². The first-order chi connectivity index (χ1) is 15.7. The van der Waals surface area contributed by atoms with Crippen LogP contribution in [0.1, 0.15) is 52.6 Å². The van der Waals surface area contributed by atoms with Crippen LogP contribution in [0.4, 0.5) is 0 Å². The number of carbonyl (C=O) groups excluding carboxylic acids is 1. The third-order valence-corrected chi connectivity index (χ3v) is 6.88. The van der Waals surface area contributed by atoms with E-state index in [1.54, 1.807) is 6.20 Å². The van der Waals surface area contributed by atoms with Crippen LogP contribution in [0.2, 0.25) is 0 Å². The number of rotatable bonds is 8. The molecule has 1 aliphatic heterocycles. The Bertz CT molecular complexity index is 1080. The van der Waals surface area contributed by atoms with E-state index in [0.717, 1.165) is 37.0 Å². The van der Waals surface area contributed by atoms with Crippen LogP contribution in [0.25, 0.3) is 0 Å². The van der Waals surface area contributed by atoms with Crippen LogP contribution < -0.4 is 14.8 Å². The predicted molar refractivity (Wildman–Crippen MR) is 122 cm³/mol. The molecule has 6 nitrogen and oxygen atoms in total. The topological polar surface area (TPSA) is 80.7 Å². The first-order valence-electron chi connectivity index (χ1n) is 11.1. The number of hydrogen-bond acceptors (Lipinski definition) is 6. The lowest BCUT2D eigenvalue weighted by molar-refractivity contribution is 0.0928. The molecule has 1 unspecified atom stereocenters. The minimum absolute atomic E-state index is 0.0272. The van der Waals surface area contributed by atoms with Gasteiger partial charge in [-0.05, 0) is 67.3 Å². The van der Waals surface area contributed by atoms with Crippen LogP contribution >= 0.6 is 11.3 Å². The molecule has 1 amide bonds. The second-order valence-corrected chi connectivity index (χ2v) is 9.34. The van der Waals surface area contributed by atoms with E-state index in [2.05, 4.69) is 22.4 Å². The van der Waals surface area contributed by atoms with E-state index in [1.165, 1.54) is 16.9 Å². The molecule has 7 heteroatoms. The van der Waals surface area contributed by atoms with E-state index in [0.29, 0.717) is 28.2 Å². The molecule has 1 aliphatic carbocycles. The van der Waals surface area contributed by atoms with E-state index in [-0.39, 0.29) is 24.7 Å². The fourth-order valence-electron chi connectivity index (χ4n) is 4.14. The number of aliphatic hydroxyl groups is 1. The summed E-state index contributed by atoms with van der Waals surface area (Å²) in [7, 11) is 0. The molecular weight excluding hydrogens is 424 g/mol. The lowest BCUT2D eigenvalue weighted by Crippen LogP contribution is -2.36. The van der Waals surface area contributed by atoms with Gasteiger partial charge in [-0.3, -0.25) is 4.79 Å². The first kappa shape index (κ1) is 21.0. The maximum Gasteiger partial charge on any atom is 0.279 e. The number of nitrogens with zero attached hydrogens (tertiary/aromatic N) is 1. The molecule has 32 heavy (non-hydrogen) atoms. The molecule has 0 bridgehead atoms. The van der Waals surface area contributed by atoms with Crippen molar-refractivity contribution in [2.75, 3.05) is 6.61 Å². The summed E-state index contributed by atoms with van der Waals surface area (Å²) in [5.74, 6) is 1.89. The fourth-order valence-corrected chi connectivity index (χ4v) is 4.83. The lowest BCUT2D eigenvalue weighted by atomic mass is 9.97. The van der Waals surface area contributed by atoms with E-state index in [4.69, 9.17) is 9.47 Å². The van der Waals surface area contributed by atoms with Crippen molar-refractivity contribution in [1.29, 1.82) is 0 Å². The van der Waals surface area contributed by atoms with Gasteiger partial charge in [-0.2, -0.15) is 0 Å². The number of nitrogens with one attached hydrogen (secondary N) is 1. The Labute approximate surface area is 191 Å². The summed E-state index contributed by atoms with van der Waals surface area (Å²) in [5.41, 5.74) is 2.30. The number of aromatic nitrogens is 1. The molecule has 5 rings (SSSR count). The molecule has 1 fully saturated rings. The fraction of sp³-hybridized carbons (Fsp3) is 0.360. The Kier molecular flexibility index (Phi) is 6.10. The summed E-state index contributed by atoms with van der Waals surface area (Å²) >= 11 is 1.22. The molecule has 2 aliphatic rings. The highest BCUT2D eigenvalue weighted by atomic mass is 32.1. The molecule has 0 saturated heterocycles. The van der Waals surface area contributed by atoms with Gasteiger partial charge in [-0.25, -0.2) is 4.98 Å². The molecule has 2 aromatic carbocycles. The maximum absolute atomic E-state index is 12.6. The van der Waals surface area contributed by atoms with Gasteiger partial charge in [-0.1, -0.05) is 41.7 Å². The number of ether oxygens (including phenoxy) is 2. The van der Waals surface area contributed by atoms with Crippen molar-refractivity contribution in [1.82, 2.24) is 10.3 Å². The molecule has 2 atom stereocenters. The lowest BCUT2D eigenvalue weighted by Gasteiger charge is -2.26. The Morgan fingerprint density at radius 1 is 1.22 bits per heavy atom. The van der Waals surface area contributed by atoms with Crippen LogP contribution in [0.5, 0.6) is 16.7 Å². The van der Waals surface area contributed by atoms with E-state index in [9.17, 15) is 9.90 Å². The summed E-state index contributed by atoms with van der Waals surface area (Å²) in [5, 5.41) is 12.7. The second kappa shape index (κ2) is 9.30. The van der Waals surface area contributed by atoms with Gasteiger partial charge in [0.2, 0.25) is 0 Å². The third-order valence-electron chi connectivity index (χ3n) is 6.01. The highest BCUT2D eigenvalue weighted by Gasteiger charge is 2.32. The van der Waals surface area contributed by atoms with Crippen molar-refractivity contribution in [3.63, 3.8) is 0 Å². The van der Waals surface area contributed by atoms with Crippen LogP contribution in [0.3, 0.4) is 0 Å². The maximum atomic E-state index is 12.6. The van der Waals surface area contributed by atoms with Crippen molar-refractivity contribution in [3.8, 4) is 16.7 Å². The van der Waals surface area contributed by atoms with Gasteiger partial charge in [0.05, 0.1) is 6.20 Å². The van der Waals surface area contributed by atoms with Crippen molar-refractivity contribution in [2.45, 2.75) is 44.2 Å².